The van der Waals surface area contributed by atoms with Crippen molar-refractivity contribution in [3.8, 4) is 5.88 Å². The highest BCUT2D eigenvalue weighted by Crippen LogP contribution is 2.36. The highest BCUT2D eigenvalue weighted by atomic mass is 127. The minimum Gasteiger partial charge on any atom is -0.472 e. The molecule has 1 aliphatic heterocycles. The fourth-order valence-corrected chi connectivity index (χ4v) is 5.80. The average Bonchev–Trinajstić information content (AvgIpc) is 3.49. The molecular weight excluding hydrogens is 593 g/mol. The number of nitrogens with zero attached hydrogens (tertiary/aromatic N) is 4. The van der Waals surface area contributed by atoms with Crippen LogP contribution >= 0.6 is 22.6 Å². The van der Waals surface area contributed by atoms with Crippen LogP contribution in [0.15, 0.2) is 24.3 Å². The van der Waals surface area contributed by atoms with Crippen molar-refractivity contribution in [2.24, 2.45) is 13.0 Å². The number of fused-ring (bicyclic) bond motifs is 1. The van der Waals surface area contributed by atoms with Crippen LogP contribution in [0.25, 0.3) is 11.0 Å². The maximum atomic E-state index is 12.5. The Balaban J connectivity index is 1.33. The number of esters is 1. The molecule has 2 aliphatic rings. The molecular formula is C29H38IN5O3. The normalized spacial score (nSPS) is 20.1. The topological polar surface area (TPSA) is 81.5 Å². The number of benzene rings is 1. The summed E-state index contributed by atoms with van der Waals surface area (Å²) >= 11 is 2.42. The van der Waals surface area contributed by atoms with Gasteiger partial charge in [-0.25, -0.2) is 4.98 Å². The van der Waals surface area contributed by atoms with Crippen LogP contribution in [0.4, 0.5) is 17.2 Å². The molecule has 9 heteroatoms. The Bertz CT molecular complexity index is 1320. The Labute approximate surface area is 238 Å². The SMILES string of the molecule is Cc1cc(Nc2ccc3c(n2)c(OC2CCC(C(=O)OC(C)(C)C)CC2)nn3C)c(N2CCCC2)cc1I. The average molecular weight is 632 g/mol. The van der Waals surface area contributed by atoms with E-state index >= 15 is 0 Å². The minimum atomic E-state index is -0.457. The zero-order valence-electron chi connectivity index (χ0n) is 23.0. The standard InChI is InChI=1S/C29H38IN5O3/c1-18-16-22(24(17-21(18)30)35-14-6-7-15-35)31-25-13-12-23-26(32-25)27(33-34(23)5)37-20-10-8-19(9-11-20)28(36)38-29(2,3)4/h12-13,16-17,19-20H,6-11,14-15H2,1-5H3,(H,31,32). The monoisotopic (exact) mass is 631 g/mol. The number of ether oxygens (including phenoxy) is 2. The van der Waals surface area contributed by atoms with E-state index in [-0.39, 0.29) is 18.0 Å². The fourth-order valence-electron chi connectivity index (χ4n) is 5.34. The van der Waals surface area contributed by atoms with Gasteiger partial charge in [-0.05, 0) is 119 Å². The van der Waals surface area contributed by atoms with Gasteiger partial charge in [0, 0.05) is 23.7 Å². The van der Waals surface area contributed by atoms with Gasteiger partial charge < -0.3 is 19.7 Å². The third-order valence-electron chi connectivity index (χ3n) is 7.35. The molecule has 0 radical (unpaired) electrons. The van der Waals surface area contributed by atoms with Crippen LogP contribution in [-0.2, 0) is 16.6 Å². The van der Waals surface area contributed by atoms with E-state index in [1.807, 2.05) is 44.6 Å². The lowest BCUT2D eigenvalue weighted by Crippen LogP contribution is -2.33. The van der Waals surface area contributed by atoms with Gasteiger partial charge in [0.05, 0.1) is 22.8 Å². The van der Waals surface area contributed by atoms with Crippen LogP contribution in [0.5, 0.6) is 5.88 Å². The van der Waals surface area contributed by atoms with Crippen molar-refractivity contribution < 1.29 is 14.3 Å². The van der Waals surface area contributed by atoms with Gasteiger partial charge in [-0.2, -0.15) is 0 Å². The number of carbonyl (C=O) groups excluding carboxylic acids is 1. The van der Waals surface area contributed by atoms with Gasteiger partial charge in [-0.1, -0.05) is 0 Å². The predicted molar refractivity (Wildman–Crippen MR) is 159 cm³/mol. The van der Waals surface area contributed by atoms with Crippen LogP contribution in [0, 0.1) is 16.4 Å². The van der Waals surface area contributed by atoms with E-state index in [2.05, 4.69) is 57.0 Å². The summed E-state index contributed by atoms with van der Waals surface area (Å²) in [5.41, 5.74) is 4.75. The second-order valence-corrected chi connectivity index (χ2v) is 12.7. The molecule has 1 aliphatic carbocycles. The first-order chi connectivity index (χ1) is 18.1. The largest absolute Gasteiger partial charge is 0.472 e. The van der Waals surface area contributed by atoms with E-state index in [0.717, 1.165) is 61.3 Å². The van der Waals surface area contributed by atoms with Crippen molar-refractivity contribution >= 4 is 56.8 Å². The molecule has 1 saturated heterocycles. The number of anilines is 3. The molecule has 8 nitrogen and oxygen atoms in total. The maximum absolute atomic E-state index is 12.5. The third-order valence-corrected chi connectivity index (χ3v) is 8.51. The number of halogens is 1. The molecule has 5 rings (SSSR count). The summed E-state index contributed by atoms with van der Waals surface area (Å²) in [5.74, 6) is 1.15. The Morgan fingerprint density at radius 2 is 1.82 bits per heavy atom. The van der Waals surface area contributed by atoms with Crippen molar-refractivity contribution in [3.05, 3.63) is 33.4 Å². The van der Waals surface area contributed by atoms with E-state index in [1.54, 1.807) is 0 Å². The molecule has 3 heterocycles. The van der Waals surface area contributed by atoms with Crippen molar-refractivity contribution in [3.63, 3.8) is 0 Å². The summed E-state index contributed by atoms with van der Waals surface area (Å²) in [7, 11) is 1.91. The highest BCUT2D eigenvalue weighted by Gasteiger charge is 2.31. The Hall–Kier alpha value is -2.56. The second kappa shape index (κ2) is 10.9. The number of carbonyl (C=O) groups is 1. The summed E-state index contributed by atoms with van der Waals surface area (Å²) in [6.07, 6.45) is 5.56. The van der Waals surface area contributed by atoms with Crippen LogP contribution < -0.4 is 15.0 Å². The minimum absolute atomic E-state index is 0.00539. The van der Waals surface area contributed by atoms with E-state index < -0.39 is 5.60 Å². The van der Waals surface area contributed by atoms with Gasteiger partial charge in [-0.15, -0.1) is 5.10 Å². The first kappa shape index (κ1) is 27.0. The number of rotatable bonds is 6. The molecule has 0 atom stereocenters. The number of aryl methyl sites for hydroxylation is 2. The van der Waals surface area contributed by atoms with Gasteiger partial charge in [0.1, 0.15) is 17.5 Å². The van der Waals surface area contributed by atoms with Crippen molar-refractivity contribution in [1.29, 1.82) is 0 Å². The summed E-state index contributed by atoms with van der Waals surface area (Å²) < 4.78 is 15.1. The Morgan fingerprint density at radius 1 is 1.11 bits per heavy atom. The lowest BCUT2D eigenvalue weighted by atomic mass is 9.87. The molecule has 38 heavy (non-hydrogen) atoms. The molecule has 1 saturated carbocycles. The smallest absolute Gasteiger partial charge is 0.309 e. The number of hydrogen-bond acceptors (Lipinski definition) is 7. The number of hydrogen-bond donors (Lipinski definition) is 1. The molecule has 0 unspecified atom stereocenters. The number of nitrogens with one attached hydrogen (secondary N) is 1. The second-order valence-electron chi connectivity index (χ2n) is 11.6. The van der Waals surface area contributed by atoms with Gasteiger partial charge in [0.25, 0.3) is 5.88 Å². The van der Waals surface area contributed by atoms with Gasteiger partial charge >= 0.3 is 5.97 Å². The Morgan fingerprint density at radius 3 is 2.50 bits per heavy atom. The molecule has 0 spiro atoms. The van der Waals surface area contributed by atoms with Crippen molar-refractivity contribution in [1.82, 2.24) is 14.8 Å². The molecule has 1 aromatic carbocycles. The maximum Gasteiger partial charge on any atom is 0.309 e. The third kappa shape index (κ3) is 6.02. The summed E-state index contributed by atoms with van der Waals surface area (Å²) in [4.78, 5) is 19.9. The Kier molecular flexibility index (Phi) is 7.75. The van der Waals surface area contributed by atoms with Crippen LogP contribution in [0.3, 0.4) is 0 Å². The lowest BCUT2D eigenvalue weighted by Gasteiger charge is -2.29. The van der Waals surface area contributed by atoms with Gasteiger partial charge in [0.2, 0.25) is 0 Å². The molecule has 204 valence electrons. The predicted octanol–water partition coefficient (Wildman–Crippen LogP) is 6.50. The lowest BCUT2D eigenvalue weighted by molar-refractivity contribution is -0.161. The molecule has 2 aromatic heterocycles. The highest BCUT2D eigenvalue weighted by molar-refractivity contribution is 14.1. The zero-order chi connectivity index (χ0) is 27.0. The molecule has 2 fully saturated rings. The van der Waals surface area contributed by atoms with Crippen molar-refractivity contribution in [2.45, 2.75) is 77.9 Å². The quantitative estimate of drug-likeness (QED) is 0.246. The van der Waals surface area contributed by atoms with E-state index in [4.69, 9.17) is 14.5 Å². The van der Waals surface area contributed by atoms with Crippen LogP contribution in [0.2, 0.25) is 0 Å². The van der Waals surface area contributed by atoms with E-state index in [9.17, 15) is 4.79 Å². The molecule has 0 amide bonds. The van der Waals surface area contributed by atoms with Crippen LogP contribution in [0.1, 0.15) is 64.9 Å². The molecule has 1 N–H and O–H groups in total. The van der Waals surface area contributed by atoms with E-state index in [0.29, 0.717) is 5.88 Å². The van der Waals surface area contributed by atoms with Gasteiger partial charge in [0.15, 0.2) is 5.52 Å². The fraction of sp³-hybridized carbons (Fsp3) is 0.552. The number of aromatic nitrogens is 3. The van der Waals surface area contributed by atoms with E-state index in [1.165, 1.54) is 27.7 Å². The summed E-state index contributed by atoms with van der Waals surface area (Å²) in [6.45, 7) is 10.0. The van der Waals surface area contributed by atoms with Crippen LogP contribution in [-0.4, -0.2) is 45.5 Å². The first-order valence-corrected chi connectivity index (χ1v) is 14.7. The van der Waals surface area contributed by atoms with Gasteiger partial charge in [-0.3, -0.25) is 9.48 Å². The summed E-state index contributed by atoms with van der Waals surface area (Å²) in [5, 5.41) is 8.23. The summed E-state index contributed by atoms with van der Waals surface area (Å²) in [6, 6.07) is 8.53. The zero-order valence-corrected chi connectivity index (χ0v) is 25.2. The molecule has 3 aromatic rings. The van der Waals surface area contributed by atoms with Crippen molar-refractivity contribution in [2.75, 3.05) is 23.3 Å². The molecule has 0 bridgehead atoms. The first-order valence-electron chi connectivity index (χ1n) is 13.6. The number of pyridine rings is 1.